The van der Waals surface area contributed by atoms with Crippen LogP contribution in [0.3, 0.4) is 0 Å². The van der Waals surface area contributed by atoms with E-state index in [9.17, 15) is 5.11 Å². The van der Waals surface area contributed by atoms with Gasteiger partial charge in [0.2, 0.25) is 0 Å². The molecule has 0 unspecified atom stereocenters. The van der Waals surface area contributed by atoms with Crippen molar-refractivity contribution < 1.29 is 5.11 Å². The number of aliphatic hydroxyl groups excluding tert-OH is 1. The standard InChI is InChI=1S/C14H17NOS/c1-15(2)9-11-5-3-4-6-12(11)13-7-8-17-14(13)10-16/h3-8,16H,9-10H2,1-2H3. The van der Waals surface area contributed by atoms with E-state index in [1.165, 1.54) is 11.1 Å². The molecule has 0 bridgehead atoms. The van der Waals surface area contributed by atoms with Gasteiger partial charge in [0.15, 0.2) is 0 Å². The van der Waals surface area contributed by atoms with Crippen LogP contribution in [-0.4, -0.2) is 24.1 Å². The topological polar surface area (TPSA) is 23.5 Å². The summed E-state index contributed by atoms with van der Waals surface area (Å²) in [7, 11) is 4.13. The zero-order valence-corrected chi connectivity index (χ0v) is 11.0. The number of hydrogen-bond donors (Lipinski definition) is 1. The molecule has 2 rings (SSSR count). The Hall–Kier alpha value is -1.16. The van der Waals surface area contributed by atoms with Crippen molar-refractivity contribution in [3.05, 3.63) is 46.2 Å². The van der Waals surface area contributed by atoms with E-state index in [2.05, 4.69) is 43.3 Å². The number of hydrogen-bond acceptors (Lipinski definition) is 3. The quantitative estimate of drug-likeness (QED) is 0.898. The zero-order valence-electron chi connectivity index (χ0n) is 10.2. The van der Waals surface area contributed by atoms with Gasteiger partial charge in [0.05, 0.1) is 6.61 Å². The maximum atomic E-state index is 9.34. The van der Waals surface area contributed by atoms with Crippen molar-refractivity contribution in [1.29, 1.82) is 0 Å². The van der Waals surface area contributed by atoms with Gasteiger partial charge in [-0.1, -0.05) is 24.3 Å². The summed E-state index contributed by atoms with van der Waals surface area (Å²) in [6.07, 6.45) is 0. The lowest BCUT2D eigenvalue weighted by molar-refractivity contribution is 0.286. The highest BCUT2D eigenvalue weighted by Crippen LogP contribution is 2.31. The maximum absolute atomic E-state index is 9.34. The second kappa shape index (κ2) is 5.45. The highest BCUT2D eigenvalue weighted by atomic mass is 32.1. The van der Waals surface area contributed by atoms with Crippen molar-refractivity contribution in [2.45, 2.75) is 13.2 Å². The first-order valence-corrected chi connectivity index (χ1v) is 6.50. The first-order chi connectivity index (χ1) is 8.22. The second-order valence-electron chi connectivity index (χ2n) is 4.31. The summed E-state index contributed by atoms with van der Waals surface area (Å²) in [5, 5.41) is 11.4. The molecule has 1 N–H and O–H groups in total. The molecule has 0 radical (unpaired) electrons. The fourth-order valence-corrected chi connectivity index (χ4v) is 2.71. The number of aliphatic hydroxyl groups is 1. The van der Waals surface area contributed by atoms with Crippen LogP contribution in [0.25, 0.3) is 11.1 Å². The Balaban J connectivity index is 2.44. The van der Waals surface area contributed by atoms with Crippen LogP contribution in [0.15, 0.2) is 35.7 Å². The highest BCUT2D eigenvalue weighted by molar-refractivity contribution is 7.10. The van der Waals surface area contributed by atoms with Crippen molar-refractivity contribution in [2.75, 3.05) is 14.1 Å². The summed E-state index contributed by atoms with van der Waals surface area (Å²) < 4.78 is 0. The Labute approximate surface area is 106 Å². The molecule has 0 amide bonds. The van der Waals surface area contributed by atoms with Crippen LogP contribution in [-0.2, 0) is 13.2 Å². The number of thiophene rings is 1. The largest absolute Gasteiger partial charge is 0.391 e. The van der Waals surface area contributed by atoms with Gasteiger partial charge in [0, 0.05) is 11.4 Å². The molecule has 0 saturated carbocycles. The van der Waals surface area contributed by atoms with Gasteiger partial charge in [-0.05, 0) is 42.2 Å². The van der Waals surface area contributed by atoms with E-state index in [-0.39, 0.29) is 6.61 Å². The predicted molar refractivity (Wildman–Crippen MR) is 73.1 cm³/mol. The van der Waals surface area contributed by atoms with Crippen LogP contribution in [0.2, 0.25) is 0 Å². The molecule has 0 fully saturated rings. The molecule has 0 aliphatic heterocycles. The Kier molecular flexibility index (Phi) is 3.94. The van der Waals surface area contributed by atoms with E-state index in [0.29, 0.717) is 0 Å². The number of rotatable bonds is 4. The molecule has 17 heavy (non-hydrogen) atoms. The molecule has 90 valence electrons. The fourth-order valence-electron chi connectivity index (χ4n) is 1.96. The average Bonchev–Trinajstić information content (AvgIpc) is 2.77. The van der Waals surface area contributed by atoms with Gasteiger partial charge in [-0.3, -0.25) is 0 Å². The Bertz CT molecular complexity index is 490. The zero-order chi connectivity index (χ0) is 12.3. The van der Waals surface area contributed by atoms with Crippen LogP contribution < -0.4 is 0 Å². The van der Waals surface area contributed by atoms with E-state index in [1.807, 2.05) is 11.4 Å². The lowest BCUT2D eigenvalue weighted by Gasteiger charge is -2.14. The average molecular weight is 247 g/mol. The van der Waals surface area contributed by atoms with Crippen molar-refractivity contribution in [3.8, 4) is 11.1 Å². The van der Waals surface area contributed by atoms with Crippen LogP contribution in [0.4, 0.5) is 0 Å². The van der Waals surface area contributed by atoms with Gasteiger partial charge in [0.1, 0.15) is 0 Å². The lowest BCUT2D eigenvalue weighted by Crippen LogP contribution is -2.11. The van der Waals surface area contributed by atoms with E-state index in [4.69, 9.17) is 0 Å². The van der Waals surface area contributed by atoms with Crippen LogP contribution in [0, 0.1) is 0 Å². The summed E-state index contributed by atoms with van der Waals surface area (Å²) >= 11 is 1.61. The Morgan fingerprint density at radius 3 is 2.59 bits per heavy atom. The van der Waals surface area contributed by atoms with E-state index in [1.54, 1.807) is 11.3 Å². The van der Waals surface area contributed by atoms with Crippen LogP contribution >= 0.6 is 11.3 Å². The molecular formula is C14H17NOS. The Morgan fingerprint density at radius 2 is 1.88 bits per heavy atom. The molecule has 0 spiro atoms. The van der Waals surface area contributed by atoms with Gasteiger partial charge in [-0.15, -0.1) is 11.3 Å². The van der Waals surface area contributed by atoms with Gasteiger partial charge < -0.3 is 10.0 Å². The summed E-state index contributed by atoms with van der Waals surface area (Å²) in [5.41, 5.74) is 3.69. The monoisotopic (exact) mass is 247 g/mol. The lowest BCUT2D eigenvalue weighted by atomic mass is 10.00. The SMILES string of the molecule is CN(C)Cc1ccccc1-c1ccsc1CO. The number of benzene rings is 1. The van der Waals surface area contributed by atoms with E-state index < -0.39 is 0 Å². The van der Waals surface area contributed by atoms with Gasteiger partial charge in [-0.2, -0.15) is 0 Å². The van der Waals surface area contributed by atoms with Gasteiger partial charge in [-0.25, -0.2) is 0 Å². The molecule has 1 heterocycles. The van der Waals surface area contributed by atoms with Gasteiger partial charge >= 0.3 is 0 Å². The third-order valence-corrected chi connectivity index (χ3v) is 3.59. The molecule has 1 aromatic carbocycles. The molecule has 3 heteroatoms. The highest BCUT2D eigenvalue weighted by Gasteiger charge is 2.10. The minimum Gasteiger partial charge on any atom is -0.391 e. The summed E-state index contributed by atoms with van der Waals surface area (Å²) in [5.74, 6) is 0. The third kappa shape index (κ3) is 2.75. The molecular weight excluding hydrogens is 230 g/mol. The molecule has 1 aromatic heterocycles. The molecule has 0 aliphatic rings. The molecule has 0 aliphatic carbocycles. The summed E-state index contributed by atoms with van der Waals surface area (Å²) in [6.45, 7) is 1.03. The third-order valence-electron chi connectivity index (χ3n) is 2.68. The predicted octanol–water partition coefficient (Wildman–Crippen LogP) is 2.97. The maximum Gasteiger partial charge on any atom is 0.0780 e. The first-order valence-electron chi connectivity index (χ1n) is 5.62. The second-order valence-corrected chi connectivity index (χ2v) is 5.31. The van der Waals surface area contributed by atoms with Crippen molar-refractivity contribution >= 4 is 11.3 Å². The minimum atomic E-state index is 0.114. The van der Waals surface area contributed by atoms with Crippen molar-refractivity contribution in [3.63, 3.8) is 0 Å². The van der Waals surface area contributed by atoms with Crippen molar-refractivity contribution in [2.24, 2.45) is 0 Å². The van der Waals surface area contributed by atoms with Crippen LogP contribution in [0.1, 0.15) is 10.4 Å². The van der Waals surface area contributed by atoms with Crippen LogP contribution in [0.5, 0.6) is 0 Å². The molecule has 0 atom stereocenters. The summed E-state index contributed by atoms with van der Waals surface area (Å²) in [4.78, 5) is 3.19. The number of nitrogens with zero attached hydrogens (tertiary/aromatic N) is 1. The normalized spacial score (nSPS) is 11.1. The Morgan fingerprint density at radius 1 is 1.12 bits per heavy atom. The molecule has 2 aromatic rings. The molecule has 2 nitrogen and oxygen atoms in total. The summed E-state index contributed by atoms with van der Waals surface area (Å²) in [6, 6.07) is 10.5. The van der Waals surface area contributed by atoms with Crippen molar-refractivity contribution in [1.82, 2.24) is 4.90 Å². The van der Waals surface area contributed by atoms with E-state index in [0.717, 1.165) is 17.0 Å². The van der Waals surface area contributed by atoms with Gasteiger partial charge in [0.25, 0.3) is 0 Å². The fraction of sp³-hybridized carbons (Fsp3) is 0.286. The minimum absolute atomic E-state index is 0.114. The molecule has 0 saturated heterocycles. The smallest absolute Gasteiger partial charge is 0.0780 e. The van der Waals surface area contributed by atoms with E-state index >= 15 is 0 Å². The first kappa shape index (κ1) is 12.3.